The molecule has 0 N–H and O–H groups in total. The highest BCUT2D eigenvalue weighted by Crippen LogP contribution is 2.19. The number of hydrogen-bond acceptors (Lipinski definition) is 6. The Morgan fingerprint density at radius 1 is 1.07 bits per heavy atom. The van der Waals surface area contributed by atoms with Crippen molar-refractivity contribution in [3.8, 4) is 11.6 Å². The first-order valence-electron chi connectivity index (χ1n) is 9.48. The first-order valence-corrected chi connectivity index (χ1v) is 9.48. The number of piperazine rings is 1. The lowest BCUT2D eigenvalue weighted by Crippen LogP contribution is -2.50. The summed E-state index contributed by atoms with van der Waals surface area (Å²) in [6.07, 6.45) is 1.47. The lowest BCUT2D eigenvalue weighted by molar-refractivity contribution is -0.133. The predicted octanol–water partition coefficient (Wildman–Crippen LogP) is 2.52. The van der Waals surface area contributed by atoms with Crippen molar-refractivity contribution in [3.05, 3.63) is 42.2 Å². The maximum absolute atomic E-state index is 13.2. The molecule has 1 aliphatic rings. The van der Waals surface area contributed by atoms with Gasteiger partial charge in [-0.25, -0.2) is 18.7 Å². The van der Waals surface area contributed by atoms with Gasteiger partial charge in [0.2, 0.25) is 5.88 Å². The zero-order valence-electron chi connectivity index (χ0n) is 16.5. The number of halogens is 2. The molecule has 0 saturated carbocycles. The highest BCUT2D eigenvalue weighted by molar-refractivity contribution is 5.78. The number of amides is 1. The van der Waals surface area contributed by atoms with E-state index in [9.17, 15) is 13.6 Å². The zero-order valence-corrected chi connectivity index (χ0v) is 16.5. The molecule has 2 aromatic rings. The Hall–Kier alpha value is -2.97. The van der Waals surface area contributed by atoms with Crippen molar-refractivity contribution >= 4 is 11.7 Å². The SMILES string of the molecule is CC(C)COc1cc(N2CCN(C(=O)COc3ccc(F)c(F)c3)CC2)ncn1. The molecular formula is C20H24F2N4O3. The van der Waals surface area contributed by atoms with Gasteiger partial charge >= 0.3 is 0 Å². The van der Waals surface area contributed by atoms with Gasteiger partial charge in [0.05, 0.1) is 6.61 Å². The molecule has 0 bridgehead atoms. The van der Waals surface area contributed by atoms with E-state index in [0.29, 0.717) is 44.6 Å². The molecule has 1 aromatic carbocycles. The van der Waals surface area contributed by atoms with Crippen LogP contribution < -0.4 is 14.4 Å². The van der Waals surface area contributed by atoms with Crippen molar-refractivity contribution < 1.29 is 23.0 Å². The summed E-state index contributed by atoms with van der Waals surface area (Å²) in [7, 11) is 0. The van der Waals surface area contributed by atoms with Gasteiger partial charge in [0.15, 0.2) is 18.2 Å². The van der Waals surface area contributed by atoms with Crippen LogP contribution in [0.1, 0.15) is 13.8 Å². The van der Waals surface area contributed by atoms with Crippen molar-refractivity contribution in [2.75, 3.05) is 44.3 Å². The fourth-order valence-electron chi connectivity index (χ4n) is 2.82. The van der Waals surface area contributed by atoms with Crippen molar-refractivity contribution in [1.82, 2.24) is 14.9 Å². The number of benzene rings is 1. The summed E-state index contributed by atoms with van der Waals surface area (Å²) in [5.41, 5.74) is 0. The van der Waals surface area contributed by atoms with Gasteiger partial charge in [-0.15, -0.1) is 0 Å². The Morgan fingerprint density at radius 3 is 2.52 bits per heavy atom. The third-order valence-electron chi connectivity index (χ3n) is 4.40. The fourth-order valence-corrected chi connectivity index (χ4v) is 2.82. The molecule has 3 rings (SSSR count). The Morgan fingerprint density at radius 2 is 1.83 bits per heavy atom. The number of aromatic nitrogens is 2. The van der Waals surface area contributed by atoms with E-state index in [0.717, 1.165) is 18.0 Å². The quantitative estimate of drug-likeness (QED) is 0.704. The number of rotatable bonds is 7. The Bertz CT molecular complexity index is 842. The minimum atomic E-state index is -1.01. The van der Waals surface area contributed by atoms with Gasteiger partial charge in [-0.1, -0.05) is 13.8 Å². The molecule has 1 aromatic heterocycles. The van der Waals surface area contributed by atoms with Crippen LogP contribution in [-0.2, 0) is 4.79 Å². The smallest absolute Gasteiger partial charge is 0.260 e. The standard InChI is InChI=1S/C20H24F2N4O3/c1-14(2)11-29-19-10-18(23-13-24-19)25-5-7-26(8-6-25)20(27)12-28-15-3-4-16(21)17(22)9-15/h3-4,9-10,13-14H,5-8,11-12H2,1-2H3. The van der Waals surface area contributed by atoms with E-state index in [-0.39, 0.29) is 18.3 Å². The number of nitrogens with zero attached hydrogens (tertiary/aromatic N) is 4. The van der Waals surface area contributed by atoms with Crippen molar-refractivity contribution in [2.45, 2.75) is 13.8 Å². The molecule has 1 fully saturated rings. The molecule has 0 spiro atoms. The van der Waals surface area contributed by atoms with E-state index >= 15 is 0 Å². The topological polar surface area (TPSA) is 67.8 Å². The number of carbonyl (C=O) groups excluding carboxylic acids is 1. The monoisotopic (exact) mass is 406 g/mol. The van der Waals surface area contributed by atoms with Gasteiger partial charge in [0.25, 0.3) is 5.91 Å². The lowest BCUT2D eigenvalue weighted by atomic mass is 10.2. The molecule has 9 heteroatoms. The van der Waals surface area contributed by atoms with Gasteiger partial charge in [0, 0.05) is 38.3 Å². The molecule has 29 heavy (non-hydrogen) atoms. The molecule has 2 heterocycles. The van der Waals surface area contributed by atoms with Crippen LogP contribution in [0.5, 0.6) is 11.6 Å². The molecule has 1 amide bonds. The molecule has 0 atom stereocenters. The Kier molecular flexibility index (Phi) is 6.79. The first-order chi connectivity index (χ1) is 13.9. The second-order valence-electron chi connectivity index (χ2n) is 7.15. The number of ether oxygens (including phenoxy) is 2. The Balaban J connectivity index is 1.49. The molecule has 0 radical (unpaired) electrons. The van der Waals surface area contributed by atoms with Crippen LogP contribution in [0.2, 0.25) is 0 Å². The highest BCUT2D eigenvalue weighted by Gasteiger charge is 2.22. The molecule has 1 saturated heterocycles. The van der Waals surface area contributed by atoms with Crippen molar-refractivity contribution in [1.29, 1.82) is 0 Å². The van der Waals surface area contributed by atoms with Gasteiger partial charge < -0.3 is 19.3 Å². The fraction of sp³-hybridized carbons (Fsp3) is 0.450. The largest absolute Gasteiger partial charge is 0.484 e. The normalized spacial score (nSPS) is 14.2. The maximum Gasteiger partial charge on any atom is 0.260 e. The van der Waals surface area contributed by atoms with E-state index in [2.05, 4.69) is 28.7 Å². The van der Waals surface area contributed by atoms with Crippen LogP contribution in [0.3, 0.4) is 0 Å². The highest BCUT2D eigenvalue weighted by atomic mass is 19.2. The average molecular weight is 406 g/mol. The summed E-state index contributed by atoms with van der Waals surface area (Å²) < 4.78 is 37.1. The van der Waals surface area contributed by atoms with Crippen LogP contribution in [-0.4, -0.2) is 60.2 Å². The summed E-state index contributed by atoms with van der Waals surface area (Å²) in [4.78, 5) is 24.5. The second kappa shape index (κ2) is 9.49. The average Bonchev–Trinajstić information content (AvgIpc) is 2.73. The number of hydrogen-bond donors (Lipinski definition) is 0. The number of anilines is 1. The molecule has 156 valence electrons. The molecule has 1 aliphatic heterocycles. The van der Waals surface area contributed by atoms with E-state index in [1.807, 2.05) is 0 Å². The lowest BCUT2D eigenvalue weighted by Gasteiger charge is -2.35. The maximum atomic E-state index is 13.2. The van der Waals surface area contributed by atoms with Crippen LogP contribution in [0.4, 0.5) is 14.6 Å². The first kappa shape index (κ1) is 20.8. The summed E-state index contributed by atoms with van der Waals surface area (Å²) >= 11 is 0. The van der Waals surface area contributed by atoms with E-state index < -0.39 is 11.6 Å². The van der Waals surface area contributed by atoms with Crippen LogP contribution in [0.25, 0.3) is 0 Å². The van der Waals surface area contributed by atoms with E-state index in [1.165, 1.54) is 12.4 Å². The van der Waals surface area contributed by atoms with Gasteiger partial charge in [0.1, 0.15) is 17.9 Å². The summed E-state index contributed by atoms with van der Waals surface area (Å²) in [6, 6.07) is 4.98. The minimum absolute atomic E-state index is 0.116. The second-order valence-corrected chi connectivity index (χ2v) is 7.15. The summed E-state index contributed by atoms with van der Waals surface area (Å²) in [5, 5.41) is 0. The van der Waals surface area contributed by atoms with E-state index in [1.54, 1.807) is 11.0 Å². The summed E-state index contributed by atoms with van der Waals surface area (Å²) in [5.74, 6) is -0.376. The van der Waals surface area contributed by atoms with E-state index in [4.69, 9.17) is 9.47 Å². The number of carbonyl (C=O) groups is 1. The Labute approximate surface area is 168 Å². The predicted molar refractivity (Wildman–Crippen MR) is 103 cm³/mol. The van der Waals surface area contributed by atoms with Crippen molar-refractivity contribution in [2.24, 2.45) is 5.92 Å². The molecular weight excluding hydrogens is 382 g/mol. The van der Waals surface area contributed by atoms with Crippen molar-refractivity contribution in [3.63, 3.8) is 0 Å². The van der Waals surface area contributed by atoms with Gasteiger partial charge in [-0.3, -0.25) is 4.79 Å². The molecule has 0 unspecified atom stereocenters. The van der Waals surface area contributed by atoms with Crippen LogP contribution in [0, 0.1) is 17.6 Å². The minimum Gasteiger partial charge on any atom is -0.484 e. The third kappa shape index (κ3) is 5.75. The molecule has 7 nitrogen and oxygen atoms in total. The van der Waals surface area contributed by atoms with Gasteiger partial charge in [-0.2, -0.15) is 0 Å². The molecule has 0 aliphatic carbocycles. The van der Waals surface area contributed by atoms with Crippen LogP contribution in [0.15, 0.2) is 30.6 Å². The zero-order chi connectivity index (χ0) is 20.8. The summed E-state index contributed by atoms with van der Waals surface area (Å²) in [6.45, 7) is 6.71. The third-order valence-corrected chi connectivity index (χ3v) is 4.40. The van der Waals surface area contributed by atoms with Gasteiger partial charge in [-0.05, 0) is 18.1 Å². The van der Waals surface area contributed by atoms with Crippen LogP contribution >= 0.6 is 0 Å².